The summed E-state index contributed by atoms with van der Waals surface area (Å²) >= 11 is 0. The molecule has 13 heavy (non-hydrogen) atoms. The predicted octanol–water partition coefficient (Wildman–Crippen LogP) is 1.28. The van der Waals surface area contributed by atoms with Crippen LogP contribution in [0.2, 0.25) is 0 Å². The van der Waals surface area contributed by atoms with E-state index >= 15 is 0 Å². The van der Waals surface area contributed by atoms with Gasteiger partial charge in [0.1, 0.15) is 0 Å². The van der Waals surface area contributed by atoms with Crippen molar-refractivity contribution in [3.8, 4) is 0 Å². The molecule has 0 N–H and O–H groups in total. The first kappa shape index (κ1) is 9.47. The Morgan fingerprint density at radius 3 is 1.69 bits per heavy atom. The lowest BCUT2D eigenvalue weighted by Gasteiger charge is -2.15. The highest BCUT2D eigenvalue weighted by Gasteiger charge is 2.26. The minimum Gasteiger partial charge on any atom is -0.306 e. The fourth-order valence-electron chi connectivity index (χ4n) is 2.91. The van der Waals surface area contributed by atoms with Crippen LogP contribution in [0.5, 0.6) is 0 Å². The molecule has 2 saturated heterocycles. The van der Waals surface area contributed by atoms with E-state index in [1.807, 2.05) is 0 Å². The molecule has 0 spiro atoms. The summed E-state index contributed by atoms with van der Waals surface area (Å²) in [5.74, 6) is 2.00. The molecule has 2 nitrogen and oxygen atoms in total. The van der Waals surface area contributed by atoms with E-state index in [0.29, 0.717) is 0 Å². The van der Waals surface area contributed by atoms with Gasteiger partial charge in [-0.3, -0.25) is 0 Å². The molecule has 76 valence electrons. The van der Waals surface area contributed by atoms with E-state index in [1.165, 1.54) is 45.4 Å². The second-order valence-corrected chi connectivity index (χ2v) is 5.07. The Labute approximate surface area is 81.9 Å². The first-order chi connectivity index (χ1) is 6.24. The summed E-state index contributed by atoms with van der Waals surface area (Å²) in [5.41, 5.74) is 0. The largest absolute Gasteiger partial charge is 0.306 e. The minimum absolute atomic E-state index is 1.00. The Morgan fingerprint density at radius 2 is 1.38 bits per heavy atom. The van der Waals surface area contributed by atoms with Crippen molar-refractivity contribution < 1.29 is 0 Å². The van der Waals surface area contributed by atoms with Gasteiger partial charge in [-0.2, -0.15) is 0 Å². The van der Waals surface area contributed by atoms with E-state index in [9.17, 15) is 0 Å². The highest BCUT2D eigenvalue weighted by Crippen LogP contribution is 2.27. The second-order valence-electron chi connectivity index (χ2n) is 5.07. The molecule has 0 bridgehead atoms. The number of rotatable bonds is 2. The number of hydrogen-bond acceptors (Lipinski definition) is 2. The maximum absolute atomic E-state index is 2.48. The van der Waals surface area contributed by atoms with Crippen molar-refractivity contribution in [2.45, 2.75) is 19.3 Å². The lowest BCUT2D eigenvalue weighted by atomic mass is 9.93. The van der Waals surface area contributed by atoms with Gasteiger partial charge in [-0.25, -0.2) is 0 Å². The van der Waals surface area contributed by atoms with Gasteiger partial charge in [0.05, 0.1) is 0 Å². The third-order valence-corrected chi connectivity index (χ3v) is 3.64. The summed E-state index contributed by atoms with van der Waals surface area (Å²) < 4.78 is 0. The highest BCUT2D eigenvalue weighted by molar-refractivity contribution is 4.80. The molecule has 0 amide bonds. The zero-order valence-electron chi connectivity index (χ0n) is 9.00. The monoisotopic (exact) mass is 182 g/mol. The van der Waals surface area contributed by atoms with Gasteiger partial charge in [-0.05, 0) is 58.3 Å². The zero-order chi connectivity index (χ0) is 9.26. The molecular formula is C11H22N2. The van der Waals surface area contributed by atoms with Crippen LogP contribution in [-0.2, 0) is 0 Å². The lowest BCUT2D eigenvalue weighted by Crippen LogP contribution is -2.18. The normalized spacial score (nSPS) is 37.4. The summed E-state index contributed by atoms with van der Waals surface area (Å²) in [6.07, 6.45) is 4.36. The summed E-state index contributed by atoms with van der Waals surface area (Å²) in [4.78, 5) is 4.95. The van der Waals surface area contributed by atoms with Crippen LogP contribution in [0.15, 0.2) is 0 Å². The summed E-state index contributed by atoms with van der Waals surface area (Å²) in [6, 6.07) is 0. The molecule has 0 aromatic heterocycles. The van der Waals surface area contributed by atoms with Gasteiger partial charge in [0, 0.05) is 13.1 Å². The van der Waals surface area contributed by atoms with Crippen LogP contribution in [-0.4, -0.2) is 50.1 Å². The average molecular weight is 182 g/mol. The van der Waals surface area contributed by atoms with Gasteiger partial charge in [0.2, 0.25) is 0 Å². The van der Waals surface area contributed by atoms with Gasteiger partial charge in [0.15, 0.2) is 0 Å². The van der Waals surface area contributed by atoms with Crippen molar-refractivity contribution in [3.63, 3.8) is 0 Å². The highest BCUT2D eigenvalue weighted by atomic mass is 15.1. The molecule has 2 heteroatoms. The third-order valence-electron chi connectivity index (χ3n) is 3.64. The quantitative estimate of drug-likeness (QED) is 0.635. The first-order valence-corrected chi connectivity index (χ1v) is 5.61. The number of nitrogens with zero attached hydrogens (tertiary/aromatic N) is 2. The van der Waals surface area contributed by atoms with E-state index in [-0.39, 0.29) is 0 Å². The Balaban J connectivity index is 1.72. The molecule has 2 rings (SSSR count). The fraction of sp³-hybridized carbons (Fsp3) is 1.00. The van der Waals surface area contributed by atoms with Crippen molar-refractivity contribution >= 4 is 0 Å². The van der Waals surface area contributed by atoms with Crippen LogP contribution >= 0.6 is 0 Å². The molecule has 2 aliphatic heterocycles. The maximum atomic E-state index is 2.48. The molecule has 0 aromatic rings. The van der Waals surface area contributed by atoms with Crippen molar-refractivity contribution in [1.29, 1.82) is 0 Å². The molecular weight excluding hydrogens is 160 g/mol. The first-order valence-electron chi connectivity index (χ1n) is 5.61. The van der Waals surface area contributed by atoms with Crippen molar-refractivity contribution in [1.82, 2.24) is 9.80 Å². The lowest BCUT2D eigenvalue weighted by molar-refractivity contribution is 0.336. The van der Waals surface area contributed by atoms with Crippen LogP contribution in [0.3, 0.4) is 0 Å². The zero-order valence-corrected chi connectivity index (χ0v) is 9.00. The summed E-state index contributed by atoms with van der Waals surface area (Å²) in [7, 11) is 4.50. The molecule has 0 radical (unpaired) electrons. The van der Waals surface area contributed by atoms with Gasteiger partial charge in [0.25, 0.3) is 0 Å². The topological polar surface area (TPSA) is 6.48 Å². The van der Waals surface area contributed by atoms with E-state index in [4.69, 9.17) is 0 Å². The Kier molecular flexibility index (Phi) is 2.89. The van der Waals surface area contributed by atoms with Gasteiger partial charge < -0.3 is 9.80 Å². The third kappa shape index (κ3) is 2.44. The second kappa shape index (κ2) is 3.97. The minimum atomic E-state index is 1.00. The van der Waals surface area contributed by atoms with Crippen LogP contribution in [0.1, 0.15) is 19.3 Å². The molecule has 2 unspecified atom stereocenters. The van der Waals surface area contributed by atoms with Gasteiger partial charge in [-0.15, -0.1) is 0 Å². The molecule has 2 fully saturated rings. The fourth-order valence-corrected chi connectivity index (χ4v) is 2.91. The van der Waals surface area contributed by atoms with E-state index in [0.717, 1.165) is 11.8 Å². The standard InChI is InChI=1S/C11H22N2/c1-12-5-3-10(8-12)7-11-4-6-13(2)9-11/h10-11H,3-9H2,1-2H3. The Morgan fingerprint density at radius 1 is 0.923 bits per heavy atom. The van der Waals surface area contributed by atoms with Crippen LogP contribution in [0.25, 0.3) is 0 Å². The van der Waals surface area contributed by atoms with E-state index < -0.39 is 0 Å². The summed E-state index contributed by atoms with van der Waals surface area (Å²) in [5, 5.41) is 0. The van der Waals surface area contributed by atoms with Crippen molar-refractivity contribution in [3.05, 3.63) is 0 Å². The van der Waals surface area contributed by atoms with Crippen molar-refractivity contribution in [2.75, 3.05) is 40.3 Å². The van der Waals surface area contributed by atoms with Crippen LogP contribution in [0, 0.1) is 11.8 Å². The number of likely N-dealkylation sites (tertiary alicyclic amines) is 2. The predicted molar refractivity (Wildman–Crippen MR) is 55.8 cm³/mol. The SMILES string of the molecule is CN1CCC(CC2CCN(C)C2)C1. The molecule has 2 heterocycles. The van der Waals surface area contributed by atoms with Gasteiger partial charge >= 0.3 is 0 Å². The van der Waals surface area contributed by atoms with E-state index in [2.05, 4.69) is 23.9 Å². The summed E-state index contributed by atoms with van der Waals surface area (Å²) in [6.45, 7) is 5.35. The maximum Gasteiger partial charge on any atom is 0.000719 e. The number of hydrogen-bond donors (Lipinski definition) is 0. The van der Waals surface area contributed by atoms with Gasteiger partial charge in [-0.1, -0.05) is 0 Å². The molecule has 2 atom stereocenters. The van der Waals surface area contributed by atoms with E-state index in [1.54, 1.807) is 0 Å². The Hall–Kier alpha value is -0.0800. The molecule has 0 aliphatic carbocycles. The van der Waals surface area contributed by atoms with Crippen LogP contribution < -0.4 is 0 Å². The Bertz CT molecular complexity index is 151. The molecule has 0 saturated carbocycles. The molecule has 2 aliphatic rings. The average Bonchev–Trinajstić information content (AvgIpc) is 2.62. The molecule has 0 aromatic carbocycles. The smallest absolute Gasteiger partial charge is 0.000719 e. The van der Waals surface area contributed by atoms with Crippen molar-refractivity contribution in [2.24, 2.45) is 11.8 Å². The van der Waals surface area contributed by atoms with Crippen LogP contribution in [0.4, 0.5) is 0 Å².